The van der Waals surface area contributed by atoms with Crippen LogP contribution in [-0.2, 0) is 11.3 Å². The van der Waals surface area contributed by atoms with Crippen LogP contribution in [0.25, 0.3) is 0 Å². The first-order valence-corrected chi connectivity index (χ1v) is 5.12. The van der Waals surface area contributed by atoms with Gasteiger partial charge in [0.25, 0.3) is 0 Å². The van der Waals surface area contributed by atoms with Gasteiger partial charge in [0.15, 0.2) is 0 Å². The number of aliphatic hydroxyl groups excluding tert-OH is 1. The van der Waals surface area contributed by atoms with Gasteiger partial charge in [-0.05, 0) is 24.6 Å². The molecular weight excluding hydrogens is 226 g/mol. The Balaban J connectivity index is 3.23. The van der Waals surface area contributed by atoms with Gasteiger partial charge in [-0.2, -0.15) is 5.26 Å². The summed E-state index contributed by atoms with van der Waals surface area (Å²) in [5.41, 5.74) is 0.934. The van der Waals surface area contributed by atoms with E-state index in [9.17, 15) is 4.79 Å². The number of aliphatic hydroxyl groups is 1. The van der Waals surface area contributed by atoms with Crippen molar-refractivity contribution in [1.82, 2.24) is 0 Å². The van der Waals surface area contributed by atoms with Crippen LogP contribution in [0, 0.1) is 11.3 Å². The van der Waals surface area contributed by atoms with Crippen molar-refractivity contribution in [1.29, 1.82) is 5.26 Å². The Labute approximate surface area is 98.9 Å². The number of carbonyl (C=O) groups is 1. The molecule has 0 aliphatic rings. The van der Waals surface area contributed by atoms with E-state index in [-0.39, 0.29) is 24.3 Å². The van der Waals surface area contributed by atoms with Crippen molar-refractivity contribution in [2.45, 2.75) is 18.4 Å². The van der Waals surface area contributed by atoms with Crippen LogP contribution in [0.4, 0.5) is 0 Å². The number of nitriles is 1. The van der Waals surface area contributed by atoms with Crippen molar-refractivity contribution < 1.29 is 14.6 Å². The van der Waals surface area contributed by atoms with Gasteiger partial charge in [-0.1, -0.05) is 0 Å². The normalized spacial score (nSPS) is 9.62. The Bertz CT molecular complexity index is 451. The number of ether oxygens (including phenoxy) is 1. The third kappa shape index (κ3) is 2.54. The second kappa shape index (κ2) is 5.54. The van der Waals surface area contributed by atoms with Crippen LogP contribution in [0.2, 0.25) is 0 Å². The largest absolute Gasteiger partial charge is 0.462 e. The molecule has 1 rings (SSSR count). The van der Waals surface area contributed by atoms with E-state index in [4.69, 9.17) is 15.1 Å². The Morgan fingerprint density at radius 1 is 1.62 bits per heavy atom. The molecule has 0 aliphatic heterocycles. The monoisotopic (exact) mass is 237 g/mol. The van der Waals surface area contributed by atoms with Crippen LogP contribution >= 0.6 is 12.6 Å². The number of thiol groups is 1. The zero-order valence-electron chi connectivity index (χ0n) is 8.73. The lowest BCUT2D eigenvalue weighted by Crippen LogP contribution is -2.06. The minimum absolute atomic E-state index is 0.248. The first kappa shape index (κ1) is 12.6. The minimum atomic E-state index is -0.512. The Morgan fingerprint density at radius 2 is 2.31 bits per heavy atom. The third-order valence-electron chi connectivity index (χ3n) is 1.99. The van der Waals surface area contributed by atoms with Gasteiger partial charge >= 0.3 is 5.97 Å². The number of carbonyl (C=O) groups excluding carboxylic acids is 1. The Morgan fingerprint density at radius 3 is 2.81 bits per heavy atom. The van der Waals surface area contributed by atoms with Gasteiger partial charge < -0.3 is 9.84 Å². The summed E-state index contributed by atoms with van der Waals surface area (Å²) in [5.74, 6) is -0.512. The van der Waals surface area contributed by atoms with Crippen molar-refractivity contribution in [3.8, 4) is 6.07 Å². The molecule has 0 aliphatic carbocycles. The van der Waals surface area contributed by atoms with E-state index < -0.39 is 5.97 Å². The number of esters is 1. The van der Waals surface area contributed by atoms with Crippen molar-refractivity contribution >= 4 is 18.6 Å². The summed E-state index contributed by atoms with van der Waals surface area (Å²) in [6.07, 6.45) is 0. The van der Waals surface area contributed by atoms with Crippen molar-refractivity contribution in [3.63, 3.8) is 0 Å². The van der Waals surface area contributed by atoms with Crippen LogP contribution in [0.15, 0.2) is 17.0 Å². The lowest BCUT2D eigenvalue weighted by Gasteiger charge is -2.07. The molecule has 1 N–H and O–H groups in total. The molecule has 0 bridgehead atoms. The molecule has 0 heterocycles. The van der Waals surface area contributed by atoms with Gasteiger partial charge in [0.2, 0.25) is 0 Å². The smallest absolute Gasteiger partial charge is 0.338 e. The van der Waals surface area contributed by atoms with E-state index >= 15 is 0 Å². The summed E-state index contributed by atoms with van der Waals surface area (Å²) in [6, 6.07) is 4.79. The summed E-state index contributed by atoms with van der Waals surface area (Å²) >= 11 is 4.10. The molecule has 16 heavy (non-hydrogen) atoms. The average molecular weight is 237 g/mol. The topological polar surface area (TPSA) is 70.3 Å². The van der Waals surface area contributed by atoms with Crippen LogP contribution in [0.5, 0.6) is 0 Å². The standard InChI is InChI=1S/C11H11NO3S/c1-2-15-11(14)7-3-8(5-12)10(16)9(4-7)6-13/h3-4,13,16H,2,6H2,1H3. The van der Waals surface area contributed by atoms with E-state index in [0.717, 1.165) is 0 Å². The first-order valence-electron chi connectivity index (χ1n) is 4.68. The molecule has 4 nitrogen and oxygen atoms in total. The summed E-state index contributed by atoms with van der Waals surface area (Å²) in [5, 5.41) is 17.9. The fourth-order valence-electron chi connectivity index (χ4n) is 1.23. The molecule has 1 aromatic rings. The first-order chi connectivity index (χ1) is 7.63. The molecule has 1 aromatic carbocycles. The SMILES string of the molecule is CCOC(=O)c1cc(C#N)c(S)c(CO)c1. The van der Waals surface area contributed by atoms with Gasteiger partial charge in [0.05, 0.1) is 24.3 Å². The summed E-state index contributed by atoms with van der Waals surface area (Å²) in [7, 11) is 0. The van der Waals surface area contributed by atoms with Gasteiger partial charge in [0, 0.05) is 4.90 Å². The molecule has 0 atom stereocenters. The second-order valence-electron chi connectivity index (χ2n) is 3.02. The maximum absolute atomic E-state index is 11.5. The number of hydrogen-bond donors (Lipinski definition) is 2. The number of nitrogens with zero attached hydrogens (tertiary/aromatic N) is 1. The molecule has 0 fully saturated rings. The highest BCUT2D eigenvalue weighted by atomic mass is 32.1. The summed E-state index contributed by atoms with van der Waals surface area (Å²) in [6.45, 7) is 1.68. The van der Waals surface area contributed by atoms with E-state index in [1.807, 2.05) is 6.07 Å². The number of hydrogen-bond acceptors (Lipinski definition) is 5. The molecule has 0 amide bonds. The Kier molecular flexibility index (Phi) is 4.35. The van der Waals surface area contributed by atoms with E-state index in [1.54, 1.807) is 6.92 Å². The number of rotatable bonds is 3. The molecule has 0 radical (unpaired) electrons. The molecule has 84 valence electrons. The van der Waals surface area contributed by atoms with E-state index in [1.165, 1.54) is 12.1 Å². The van der Waals surface area contributed by atoms with Gasteiger partial charge in [0.1, 0.15) is 6.07 Å². The highest BCUT2D eigenvalue weighted by molar-refractivity contribution is 7.80. The molecule has 0 unspecified atom stereocenters. The van der Waals surface area contributed by atoms with E-state index in [0.29, 0.717) is 10.5 Å². The molecule has 5 heteroatoms. The van der Waals surface area contributed by atoms with Gasteiger partial charge in [-0.15, -0.1) is 12.6 Å². The average Bonchev–Trinajstić information content (AvgIpc) is 2.29. The van der Waals surface area contributed by atoms with Crippen LogP contribution in [0.3, 0.4) is 0 Å². The maximum atomic E-state index is 11.5. The fraction of sp³-hybridized carbons (Fsp3) is 0.273. The zero-order chi connectivity index (χ0) is 12.1. The highest BCUT2D eigenvalue weighted by Crippen LogP contribution is 2.21. The van der Waals surface area contributed by atoms with Crippen LogP contribution in [0.1, 0.15) is 28.4 Å². The fourth-order valence-corrected chi connectivity index (χ4v) is 1.48. The third-order valence-corrected chi connectivity index (χ3v) is 2.52. The lowest BCUT2D eigenvalue weighted by atomic mass is 10.1. The predicted octanol–water partition coefficient (Wildman–Crippen LogP) is 1.52. The quantitative estimate of drug-likeness (QED) is 0.617. The van der Waals surface area contributed by atoms with Gasteiger partial charge in [-0.25, -0.2) is 4.79 Å². The van der Waals surface area contributed by atoms with Crippen LogP contribution < -0.4 is 0 Å². The second-order valence-corrected chi connectivity index (χ2v) is 3.47. The minimum Gasteiger partial charge on any atom is -0.462 e. The molecule has 0 spiro atoms. The molecular formula is C11H11NO3S. The van der Waals surface area contributed by atoms with E-state index in [2.05, 4.69) is 12.6 Å². The van der Waals surface area contributed by atoms with Crippen molar-refractivity contribution in [2.24, 2.45) is 0 Å². The highest BCUT2D eigenvalue weighted by Gasteiger charge is 2.13. The molecule has 0 aromatic heterocycles. The van der Waals surface area contributed by atoms with Crippen LogP contribution in [-0.4, -0.2) is 17.7 Å². The number of benzene rings is 1. The van der Waals surface area contributed by atoms with Gasteiger partial charge in [-0.3, -0.25) is 0 Å². The molecule has 0 saturated heterocycles. The summed E-state index contributed by atoms with van der Waals surface area (Å²) in [4.78, 5) is 11.8. The maximum Gasteiger partial charge on any atom is 0.338 e. The molecule has 0 saturated carbocycles. The van der Waals surface area contributed by atoms with Crippen molar-refractivity contribution in [3.05, 3.63) is 28.8 Å². The lowest BCUT2D eigenvalue weighted by molar-refractivity contribution is 0.0526. The zero-order valence-corrected chi connectivity index (χ0v) is 9.62. The Hall–Kier alpha value is -1.51. The predicted molar refractivity (Wildman–Crippen MR) is 60.3 cm³/mol. The van der Waals surface area contributed by atoms with Crippen molar-refractivity contribution in [2.75, 3.05) is 6.61 Å². The summed E-state index contributed by atoms with van der Waals surface area (Å²) < 4.78 is 4.81.